The molecular weight excluding hydrogens is 445 g/mol. The van der Waals surface area contributed by atoms with E-state index in [4.69, 9.17) is 4.98 Å². The second kappa shape index (κ2) is 8.55. The number of nitrogens with zero attached hydrogens (tertiary/aromatic N) is 3. The maximum Gasteiger partial charge on any atom is 0.136 e. The maximum atomic E-state index is 4.75. The molecular formula is C23H26IN3. The Balaban J connectivity index is 1.73. The van der Waals surface area contributed by atoms with Crippen LogP contribution in [0.4, 0.5) is 0 Å². The van der Waals surface area contributed by atoms with Crippen LogP contribution in [0.3, 0.4) is 0 Å². The molecule has 0 spiro atoms. The fourth-order valence-corrected chi connectivity index (χ4v) is 4.79. The lowest BCUT2D eigenvalue weighted by atomic mass is 9.83. The Kier molecular flexibility index (Phi) is 5.91. The van der Waals surface area contributed by atoms with E-state index in [2.05, 4.69) is 83.3 Å². The number of allylic oxidation sites excluding steroid dienone is 8. The molecule has 2 unspecified atom stereocenters. The van der Waals surface area contributed by atoms with Crippen molar-refractivity contribution in [3.63, 3.8) is 0 Å². The molecule has 0 saturated heterocycles. The molecule has 3 nitrogen and oxygen atoms in total. The lowest BCUT2D eigenvalue weighted by molar-refractivity contribution is 0.365. The van der Waals surface area contributed by atoms with Crippen LogP contribution < -0.4 is 0 Å². The molecule has 2 aromatic rings. The monoisotopic (exact) mass is 471 g/mol. The highest BCUT2D eigenvalue weighted by molar-refractivity contribution is 14.1. The molecule has 2 heterocycles. The summed E-state index contributed by atoms with van der Waals surface area (Å²) in [5.74, 6) is 1.31. The van der Waals surface area contributed by atoms with Crippen molar-refractivity contribution in [1.29, 1.82) is 0 Å². The highest BCUT2D eigenvalue weighted by Gasteiger charge is 2.22. The highest BCUT2D eigenvalue weighted by atomic mass is 127. The third kappa shape index (κ3) is 4.42. The molecule has 2 aromatic heterocycles. The standard InChI is InChI=1S/C23H26IN3/c1-17-8-4-2-6-10-19(12-17)23-22-14-20(15-27(22)26-16-25-23)18-9-5-3-7-11-21(24)13-18/h3,5,7,9,11,13-17,19H,2,4,6,8,10,12H2,1H3/b5-3-,7-3?,9-5?,11-7-,18-9+,18-13?,21-11?,21-13+. The quantitative estimate of drug-likeness (QED) is 0.460. The molecule has 4 heteroatoms. The van der Waals surface area contributed by atoms with Crippen LogP contribution in [0.5, 0.6) is 0 Å². The molecule has 2 atom stereocenters. The largest absolute Gasteiger partial charge is 0.237 e. The van der Waals surface area contributed by atoms with Crippen LogP contribution in [0.1, 0.15) is 62.6 Å². The van der Waals surface area contributed by atoms with Crippen molar-refractivity contribution in [3.8, 4) is 0 Å². The van der Waals surface area contributed by atoms with Crippen molar-refractivity contribution in [2.75, 3.05) is 0 Å². The number of hydrogen-bond donors (Lipinski definition) is 0. The first kappa shape index (κ1) is 18.7. The minimum atomic E-state index is 0.540. The van der Waals surface area contributed by atoms with Gasteiger partial charge in [0.05, 0.1) is 11.2 Å². The molecule has 0 bridgehead atoms. The van der Waals surface area contributed by atoms with Gasteiger partial charge < -0.3 is 0 Å². The topological polar surface area (TPSA) is 30.2 Å². The van der Waals surface area contributed by atoms with E-state index in [1.54, 1.807) is 6.33 Å². The second-order valence-electron chi connectivity index (χ2n) is 7.77. The summed E-state index contributed by atoms with van der Waals surface area (Å²) in [4.78, 5) is 4.75. The van der Waals surface area contributed by atoms with Crippen molar-refractivity contribution in [3.05, 3.63) is 69.9 Å². The summed E-state index contributed by atoms with van der Waals surface area (Å²) >= 11 is 2.38. The summed E-state index contributed by atoms with van der Waals surface area (Å²) in [5, 5.41) is 4.50. The molecule has 27 heavy (non-hydrogen) atoms. The molecule has 1 saturated carbocycles. The van der Waals surface area contributed by atoms with Gasteiger partial charge in [-0.15, -0.1) is 0 Å². The molecule has 0 aliphatic heterocycles. The third-order valence-corrected chi connectivity index (χ3v) is 6.31. The SMILES string of the molecule is CC1CCCCCC(c2ncnn3cc(C4=C/C=C\C=C/C(I)=C\4)cc23)C1. The Morgan fingerprint density at radius 1 is 1.11 bits per heavy atom. The Morgan fingerprint density at radius 2 is 2.00 bits per heavy atom. The summed E-state index contributed by atoms with van der Waals surface area (Å²) in [5.41, 5.74) is 4.80. The van der Waals surface area contributed by atoms with E-state index in [1.165, 1.54) is 58.9 Å². The molecule has 0 aromatic carbocycles. The number of aromatic nitrogens is 3. The molecule has 1 fully saturated rings. The van der Waals surface area contributed by atoms with Crippen molar-refractivity contribution in [2.45, 2.75) is 51.4 Å². The predicted octanol–water partition coefficient (Wildman–Crippen LogP) is 6.63. The summed E-state index contributed by atoms with van der Waals surface area (Å²) in [6.07, 6.45) is 24.5. The fraction of sp³-hybridized carbons (Fsp3) is 0.391. The number of fused-ring (bicyclic) bond motifs is 1. The highest BCUT2D eigenvalue weighted by Crippen LogP contribution is 2.35. The van der Waals surface area contributed by atoms with Crippen molar-refractivity contribution >= 4 is 33.7 Å². The summed E-state index contributed by atoms with van der Waals surface area (Å²) in [6.45, 7) is 2.40. The zero-order chi connectivity index (χ0) is 18.6. The second-order valence-corrected chi connectivity index (χ2v) is 9.02. The van der Waals surface area contributed by atoms with Crippen LogP contribution in [-0.2, 0) is 0 Å². The number of halogens is 1. The summed E-state index contributed by atoms with van der Waals surface area (Å²) in [7, 11) is 0. The lowest BCUT2D eigenvalue weighted by Gasteiger charge is -2.24. The predicted molar refractivity (Wildman–Crippen MR) is 121 cm³/mol. The van der Waals surface area contributed by atoms with E-state index in [0.29, 0.717) is 5.92 Å². The average Bonchev–Trinajstić information content (AvgIpc) is 3.05. The van der Waals surface area contributed by atoms with Gasteiger partial charge in [-0.05, 0) is 65.1 Å². The van der Waals surface area contributed by atoms with Gasteiger partial charge in [0.15, 0.2) is 0 Å². The van der Waals surface area contributed by atoms with Crippen LogP contribution in [0.2, 0.25) is 0 Å². The van der Waals surface area contributed by atoms with Gasteiger partial charge in [0.1, 0.15) is 6.33 Å². The normalized spacial score (nSPS) is 30.1. The zero-order valence-electron chi connectivity index (χ0n) is 15.8. The number of rotatable bonds is 2. The molecule has 2 aliphatic carbocycles. The van der Waals surface area contributed by atoms with E-state index < -0.39 is 0 Å². The Labute approximate surface area is 175 Å². The third-order valence-electron chi connectivity index (χ3n) is 5.64. The van der Waals surface area contributed by atoms with Gasteiger partial charge in [-0.3, -0.25) is 0 Å². The van der Waals surface area contributed by atoms with E-state index >= 15 is 0 Å². The Morgan fingerprint density at radius 3 is 2.93 bits per heavy atom. The van der Waals surface area contributed by atoms with Crippen LogP contribution in [-0.4, -0.2) is 14.6 Å². The molecule has 0 amide bonds. The fourth-order valence-electron chi connectivity index (χ4n) is 4.25. The van der Waals surface area contributed by atoms with Crippen molar-refractivity contribution in [2.24, 2.45) is 5.92 Å². The van der Waals surface area contributed by atoms with Gasteiger partial charge in [0, 0.05) is 21.3 Å². The average molecular weight is 471 g/mol. The van der Waals surface area contributed by atoms with Gasteiger partial charge in [0.2, 0.25) is 0 Å². The van der Waals surface area contributed by atoms with E-state index in [0.717, 1.165) is 11.4 Å². The van der Waals surface area contributed by atoms with Crippen LogP contribution in [0.15, 0.2) is 58.6 Å². The smallest absolute Gasteiger partial charge is 0.136 e. The molecule has 4 rings (SSSR count). The minimum absolute atomic E-state index is 0.540. The van der Waals surface area contributed by atoms with Gasteiger partial charge in [-0.25, -0.2) is 9.50 Å². The van der Waals surface area contributed by atoms with Crippen molar-refractivity contribution < 1.29 is 0 Å². The molecule has 140 valence electrons. The van der Waals surface area contributed by atoms with E-state index in [9.17, 15) is 0 Å². The van der Waals surface area contributed by atoms with Crippen molar-refractivity contribution in [1.82, 2.24) is 14.6 Å². The first-order valence-corrected chi connectivity index (χ1v) is 11.0. The maximum absolute atomic E-state index is 4.75. The van der Waals surface area contributed by atoms with Crippen LogP contribution in [0, 0.1) is 5.92 Å². The Bertz CT molecular complexity index is 932. The van der Waals surface area contributed by atoms with Crippen LogP contribution >= 0.6 is 22.6 Å². The van der Waals surface area contributed by atoms with Gasteiger partial charge in [0.25, 0.3) is 0 Å². The lowest BCUT2D eigenvalue weighted by Crippen LogP contribution is -2.11. The molecule has 0 N–H and O–H groups in total. The Hall–Kier alpha value is -1.69. The summed E-state index contributed by atoms with van der Waals surface area (Å²) < 4.78 is 3.24. The molecule has 0 radical (unpaired) electrons. The summed E-state index contributed by atoms with van der Waals surface area (Å²) in [6, 6.07) is 2.27. The van der Waals surface area contributed by atoms with Gasteiger partial charge in [-0.1, -0.05) is 56.9 Å². The zero-order valence-corrected chi connectivity index (χ0v) is 18.0. The van der Waals surface area contributed by atoms with Crippen LogP contribution in [0.25, 0.3) is 11.1 Å². The number of hydrogen-bond acceptors (Lipinski definition) is 2. The van der Waals surface area contributed by atoms with E-state index in [-0.39, 0.29) is 0 Å². The van der Waals surface area contributed by atoms with Gasteiger partial charge >= 0.3 is 0 Å². The first-order valence-electron chi connectivity index (χ1n) is 9.96. The van der Waals surface area contributed by atoms with E-state index in [1.807, 2.05) is 4.52 Å². The minimum Gasteiger partial charge on any atom is -0.237 e. The first-order chi connectivity index (χ1) is 13.2. The van der Waals surface area contributed by atoms with Gasteiger partial charge in [-0.2, -0.15) is 5.10 Å². The molecule has 2 aliphatic rings.